The Bertz CT molecular complexity index is 1280. The molecular weight excluding hydrogens is 850 g/mol. The normalized spacial score (nSPS) is 11.6. The number of ether oxygens (including phenoxy) is 10. The van der Waals surface area contributed by atoms with Crippen molar-refractivity contribution in [2.24, 2.45) is 5.41 Å². The molecule has 0 saturated carbocycles. The molecule has 7 N–H and O–H groups in total. The van der Waals surface area contributed by atoms with Crippen molar-refractivity contribution >= 4 is 41.4 Å². The standard InChI is InChI=1S/C40H75N7O17/c1-40(2,3)31-64-10-7-34(49)41-8-6-33(48)43-26-35(50)44-27-36(51)45-28-37(52)46-29-38(53)47-32(30-56-5)39(54)42-9-11-57-14-15-59-18-19-61-22-23-63-25-24-62-21-20-60-17-16-58-13-12-55-4/h32H,6-31H2,1-5H3,(H,41,49)(H,42,54)(H,43,48)(H,44,50)(H,45,51)(H,46,52)(H,47,53). The van der Waals surface area contributed by atoms with Crippen molar-refractivity contribution in [3.8, 4) is 0 Å². The molecule has 0 aliphatic rings. The second-order valence-corrected chi connectivity index (χ2v) is 14.7. The van der Waals surface area contributed by atoms with Crippen LogP contribution < -0.4 is 37.2 Å². The first-order chi connectivity index (χ1) is 30.8. The minimum Gasteiger partial charge on any atom is -0.382 e. The quantitative estimate of drug-likeness (QED) is 0.0291. The Hall–Kier alpha value is -4.11. The van der Waals surface area contributed by atoms with Crippen LogP contribution in [-0.4, -0.2) is 220 Å². The highest BCUT2D eigenvalue weighted by atomic mass is 16.6. The van der Waals surface area contributed by atoms with E-state index >= 15 is 0 Å². The molecule has 0 fully saturated rings. The fourth-order valence-electron chi connectivity index (χ4n) is 4.47. The van der Waals surface area contributed by atoms with Gasteiger partial charge in [0.1, 0.15) is 6.04 Å². The molecule has 1 atom stereocenters. The zero-order valence-corrected chi connectivity index (χ0v) is 38.4. The SMILES string of the molecule is COCCOCCOCCOCCOCCOCCOCCOCCNC(=O)C(COC)NC(=O)CNC(=O)CNC(=O)CNC(=O)CNC(=O)CCNC(=O)CCOCC(C)(C)C. The van der Waals surface area contributed by atoms with Crippen LogP contribution in [0.4, 0.5) is 0 Å². The van der Waals surface area contributed by atoms with E-state index in [1.54, 1.807) is 7.11 Å². The molecule has 0 spiro atoms. The van der Waals surface area contributed by atoms with Gasteiger partial charge in [0, 0.05) is 40.2 Å². The van der Waals surface area contributed by atoms with Crippen molar-refractivity contribution in [1.82, 2.24) is 37.2 Å². The van der Waals surface area contributed by atoms with E-state index in [1.165, 1.54) is 7.11 Å². The van der Waals surface area contributed by atoms with Crippen LogP contribution >= 0.6 is 0 Å². The topological polar surface area (TPSA) is 296 Å². The molecule has 0 aromatic heterocycles. The Kier molecular flexibility index (Phi) is 38.9. The summed E-state index contributed by atoms with van der Waals surface area (Å²) >= 11 is 0. The predicted octanol–water partition coefficient (Wildman–Crippen LogP) is -3.58. The van der Waals surface area contributed by atoms with Crippen molar-refractivity contribution in [3.63, 3.8) is 0 Å². The van der Waals surface area contributed by atoms with Gasteiger partial charge in [0.25, 0.3) is 0 Å². The van der Waals surface area contributed by atoms with E-state index in [0.717, 1.165) is 0 Å². The lowest BCUT2D eigenvalue weighted by Gasteiger charge is -2.18. The first-order valence-electron chi connectivity index (χ1n) is 21.3. The van der Waals surface area contributed by atoms with Crippen LogP contribution in [0.25, 0.3) is 0 Å². The first kappa shape index (κ1) is 59.9. The molecule has 1 unspecified atom stereocenters. The Morgan fingerprint density at radius 1 is 0.391 bits per heavy atom. The van der Waals surface area contributed by atoms with E-state index in [9.17, 15) is 33.6 Å². The molecule has 0 bridgehead atoms. The summed E-state index contributed by atoms with van der Waals surface area (Å²) < 4.78 is 53.3. The molecule has 64 heavy (non-hydrogen) atoms. The Balaban J connectivity index is 3.86. The minimum atomic E-state index is -1.05. The smallest absolute Gasteiger partial charge is 0.245 e. The van der Waals surface area contributed by atoms with Gasteiger partial charge < -0.3 is 84.6 Å². The maximum atomic E-state index is 12.6. The summed E-state index contributed by atoms with van der Waals surface area (Å²) in [6.45, 7) is 11.5. The van der Waals surface area contributed by atoms with Gasteiger partial charge in [-0.05, 0) is 5.41 Å². The van der Waals surface area contributed by atoms with Gasteiger partial charge >= 0.3 is 0 Å². The third kappa shape index (κ3) is 41.9. The van der Waals surface area contributed by atoms with E-state index in [1.807, 2.05) is 20.8 Å². The van der Waals surface area contributed by atoms with Crippen LogP contribution in [0.5, 0.6) is 0 Å². The first-order valence-corrected chi connectivity index (χ1v) is 21.3. The molecule has 372 valence electrons. The fraction of sp³-hybridized carbons (Fsp3) is 0.825. The Morgan fingerprint density at radius 3 is 1.20 bits per heavy atom. The highest BCUT2D eigenvalue weighted by Crippen LogP contribution is 2.12. The van der Waals surface area contributed by atoms with Crippen molar-refractivity contribution in [2.75, 3.05) is 172 Å². The van der Waals surface area contributed by atoms with Crippen molar-refractivity contribution in [3.05, 3.63) is 0 Å². The Labute approximate surface area is 376 Å². The molecule has 0 aliphatic carbocycles. The monoisotopic (exact) mass is 926 g/mol. The van der Waals surface area contributed by atoms with Crippen molar-refractivity contribution in [1.29, 1.82) is 0 Å². The van der Waals surface area contributed by atoms with Gasteiger partial charge in [-0.15, -0.1) is 0 Å². The predicted molar refractivity (Wildman–Crippen MR) is 229 cm³/mol. The summed E-state index contributed by atoms with van der Waals surface area (Å²) in [5, 5.41) is 17.0. The van der Waals surface area contributed by atoms with Gasteiger partial charge in [0.05, 0.1) is 145 Å². The zero-order chi connectivity index (χ0) is 47.5. The molecule has 0 saturated heterocycles. The van der Waals surface area contributed by atoms with Gasteiger partial charge in [-0.25, -0.2) is 0 Å². The third-order valence-electron chi connectivity index (χ3n) is 7.66. The zero-order valence-electron chi connectivity index (χ0n) is 38.4. The summed E-state index contributed by atoms with van der Waals surface area (Å²) in [6, 6.07) is -1.05. The molecule has 7 amide bonds. The number of carbonyl (C=O) groups excluding carboxylic acids is 7. The summed E-state index contributed by atoms with van der Waals surface area (Å²) in [5.41, 5.74) is -0.00700. The third-order valence-corrected chi connectivity index (χ3v) is 7.66. The number of hydrogen-bond acceptors (Lipinski definition) is 17. The summed E-state index contributed by atoms with van der Waals surface area (Å²) in [6.07, 6.45) is 0.110. The molecule has 0 heterocycles. The average molecular weight is 926 g/mol. The minimum absolute atomic E-state index is 0.00700. The van der Waals surface area contributed by atoms with Crippen LogP contribution in [0.15, 0.2) is 0 Å². The van der Waals surface area contributed by atoms with Gasteiger partial charge in [-0.1, -0.05) is 20.8 Å². The lowest BCUT2D eigenvalue weighted by molar-refractivity contribution is -0.131. The average Bonchev–Trinajstić information content (AvgIpc) is 3.25. The van der Waals surface area contributed by atoms with Gasteiger partial charge in [0.15, 0.2) is 0 Å². The second-order valence-electron chi connectivity index (χ2n) is 14.7. The van der Waals surface area contributed by atoms with Crippen molar-refractivity contribution < 1.29 is 80.9 Å². The summed E-state index contributed by atoms with van der Waals surface area (Å²) in [4.78, 5) is 85.0. The number of methoxy groups -OCH3 is 2. The van der Waals surface area contributed by atoms with Crippen LogP contribution in [0.1, 0.15) is 33.6 Å². The Morgan fingerprint density at radius 2 is 0.781 bits per heavy atom. The molecule has 24 nitrogen and oxygen atoms in total. The summed E-state index contributed by atoms with van der Waals surface area (Å²) in [7, 11) is 2.98. The van der Waals surface area contributed by atoms with Crippen LogP contribution in [0.2, 0.25) is 0 Å². The molecule has 24 heteroatoms. The van der Waals surface area contributed by atoms with E-state index in [0.29, 0.717) is 99.1 Å². The van der Waals surface area contributed by atoms with E-state index in [2.05, 4.69) is 37.2 Å². The number of carbonyl (C=O) groups is 7. The van der Waals surface area contributed by atoms with Crippen molar-refractivity contribution in [2.45, 2.75) is 39.7 Å². The van der Waals surface area contributed by atoms with Crippen LogP contribution in [-0.2, 0) is 80.9 Å². The van der Waals surface area contributed by atoms with Crippen LogP contribution in [0.3, 0.4) is 0 Å². The highest BCUT2D eigenvalue weighted by Gasteiger charge is 2.21. The lowest BCUT2D eigenvalue weighted by atomic mass is 9.99. The lowest BCUT2D eigenvalue weighted by Crippen LogP contribution is -2.52. The summed E-state index contributed by atoms with van der Waals surface area (Å²) in [5.74, 6) is -4.00. The number of amides is 7. The van der Waals surface area contributed by atoms with Crippen LogP contribution in [0, 0.1) is 5.41 Å². The maximum absolute atomic E-state index is 12.6. The maximum Gasteiger partial charge on any atom is 0.245 e. The molecule has 0 aliphatic heterocycles. The molecular formula is C40H75N7O17. The molecule has 0 aromatic carbocycles. The second kappa shape index (κ2) is 41.6. The van der Waals surface area contributed by atoms with E-state index in [-0.39, 0.29) is 57.1 Å². The number of hydrogen-bond donors (Lipinski definition) is 7. The van der Waals surface area contributed by atoms with E-state index < -0.39 is 67.7 Å². The fourth-order valence-corrected chi connectivity index (χ4v) is 4.47. The molecule has 0 aromatic rings. The molecule has 0 radical (unpaired) electrons. The molecule has 0 rings (SSSR count). The largest absolute Gasteiger partial charge is 0.382 e. The number of rotatable bonds is 43. The van der Waals surface area contributed by atoms with E-state index in [4.69, 9.17) is 47.4 Å². The van der Waals surface area contributed by atoms with Gasteiger partial charge in [0.2, 0.25) is 41.4 Å². The van der Waals surface area contributed by atoms with Gasteiger partial charge in [-0.2, -0.15) is 0 Å². The number of nitrogens with one attached hydrogen (secondary N) is 7. The highest BCUT2D eigenvalue weighted by molar-refractivity contribution is 5.92. The van der Waals surface area contributed by atoms with Gasteiger partial charge in [-0.3, -0.25) is 33.6 Å².